The Morgan fingerprint density at radius 2 is 1.83 bits per heavy atom. The third kappa shape index (κ3) is 4.79. The van der Waals surface area contributed by atoms with Gasteiger partial charge >= 0.3 is 0 Å². The average Bonchev–Trinajstić information content (AvgIpc) is 3.26. The van der Waals surface area contributed by atoms with E-state index >= 15 is 0 Å². The lowest BCUT2D eigenvalue weighted by Gasteiger charge is -2.31. The zero-order valence-corrected chi connectivity index (χ0v) is 18.0. The van der Waals surface area contributed by atoms with Gasteiger partial charge < -0.3 is 23.9 Å². The first-order valence-electron chi connectivity index (χ1n) is 9.53. The van der Waals surface area contributed by atoms with E-state index in [9.17, 15) is 10.1 Å². The second-order valence-corrected chi connectivity index (χ2v) is 7.81. The molecule has 1 amide bonds. The monoisotopic (exact) mass is 432 g/mol. The predicted octanol–water partition coefficient (Wildman–Crippen LogP) is 3.20. The molecule has 1 heterocycles. The van der Waals surface area contributed by atoms with Crippen molar-refractivity contribution in [2.75, 3.05) is 27.1 Å². The Morgan fingerprint density at radius 1 is 1.17 bits per heavy atom. The van der Waals surface area contributed by atoms with Crippen LogP contribution in [0, 0.1) is 11.3 Å². The summed E-state index contributed by atoms with van der Waals surface area (Å²) in [6, 6.07) is 5.68. The fourth-order valence-electron chi connectivity index (χ4n) is 3.44. The van der Waals surface area contributed by atoms with Crippen molar-refractivity contribution in [2.24, 2.45) is 0 Å². The maximum Gasteiger partial charge on any atom is 0.277 e. The Morgan fingerprint density at radius 3 is 2.40 bits per heavy atom. The number of rotatable bonds is 8. The number of methoxy groups -OCH3 is 3. The van der Waals surface area contributed by atoms with E-state index in [1.165, 1.54) is 21.3 Å². The molecule has 0 radical (unpaired) electrons. The van der Waals surface area contributed by atoms with E-state index in [0.29, 0.717) is 35.7 Å². The topological polar surface area (TPSA) is 120 Å². The fourth-order valence-corrected chi connectivity index (χ4v) is 4.00. The molecular formula is C20H24N4O5S. The summed E-state index contributed by atoms with van der Waals surface area (Å²) in [6.07, 6.45) is 4.36. The first kappa shape index (κ1) is 21.8. The van der Waals surface area contributed by atoms with Gasteiger partial charge in [-0.15, -0.1) is 10.2 Å². The van der Waals surface area contributed by atoms with Gasteiger partial charge in [0.2, 0.25) is 17.5 Å². The predicted molar refractivity (Wildman–Crippen MR) is 110 cm³/mol. The first-order chi connectivity index (χ1) is 14.5. The Hall–Kier alpha value is -2.93. The molecule has 1 fully saturated rings. The lowest BCUT2D eigenvalue weighted by atomic mass is 9.83. The summed E-state index contributed by atoms with van der Waals surface area (Å²) < 4.78 is 21.7. The summed E-state index contributed by atoms with van der Waals surface area (Å²) in [6.45, 7) is 0. The Kier molecular flexibility index (Phi) is 7.05. The van der Waals surface area contributed by atoms with Gasteiger partial charge in [0.25, 0.3) is 5.22 Å². The summed E-state index contributed by atoms with van der Waals surface area (Å²) in [5.41, 5.74) is -0.162. The fraction of sp³-hybridized carbons (Fsp3) is 0.500. The summed E-state index contributed by atoms with van der Waals surface area (Å²) in [5.74, 6) is 1.51. The molecule has 30 heavy (non-hydrogen) atoms. The molecule has 3 rings (SSSR count). The number of nitrogens with one attached hydrogen (secondary N) is 1. The third-order valence-corrected chi connectivity index (χ3v) is 5.76. The van der Waals surface area contributed by atoms with Gasteiger partial charge in [-0.25, -0.2) is 0 Å². The number of nitrogens with zero attached hydrogens (tertiary/aromatic N) is 3. The van der Waals surface area contributed by atoms with Crippen LogP contribution in [0.1, 0.15) is 32.1 Å². The Balaban J connectivity index is 1.67. The number of ether oxygens (including phenoxy) is 3. The van der Waals surface area contributed by atoms with E-state index in [1.54, 1.807) is 12.1 Å². The summed E-state index contributed by atoms with van der Waals surface area (Å²) >= 11 is 1.12. The second kappa shape index (κ2) is 9.71. The van der Waals surface area contributed by atoms with Crippen LogP contribution < -0.4 is 19.5 Å². The molecule has 0 bridgehead atoms. The molecule has 9 nitrogen and oxygen atoms in total. The van der Waals surface area contributed by atoms with Crippen molar-refractivity contribution in [3.05, 3.63) is 12.1 Å². The number of nitriles is 1. The van der Waals surface area contributed by atoms with Crippen LogP contribution in [0.25, 0.3) is 11.5 Å². The van der Waals surface area contributed by atoms with Gasteiger partial charge in [0.15, 0.2) is 11.5 Å². The van der Waals surface area contributed by atoms with Crippen LogP contribution in [-0.2, 0) is 4.79 Å². The highest BCUT2D eigenvalue weighted by atomic mass is 32.2. The quantitative estimate of drug-likeness (QED) is 0.627. The minimum absolute atomic E-state index is 0.0836. The molecule has 0 unspecified atom stereocenters. The van der Waals surface area contributed by atoms with Crippen LogP contribution in [0.4, 0.5) is 0 Å². The third-order valence-electron chi connectivity index (χ3n) is 4.94. The van der Waals surface area contributed by atoms with Crippen molar-refractivity contribution in [1.82, 2.24) is 15.5 Å². The normalized spacial score (nSPS) is 15.1. The molecule has 1 aliphatic carbocycles. The standard InChI is InChI=1S/C20H24N4O5S/c1-26-14-9-13(10-15(27-2)17(14)28-3)18-23-24-19(29-18)30-11-16(25)22-20(12-21)7-5-4-6-8-20/h9-10H,4-8,11H2,1-3H3,(H,22,25). The number of hydrogen-bond donors (Lipinski definition) is 1. The second-order valence-electron chi connectivity index (χ2n) is 6.88. The Bertz CT molecular complexity index is 909. The van der Waals surface area contributed by atoms with Gasteiger partial charge in [0, 0.05) is 5.56 Å². The maximum absolute atomic E-state index is 12.3. The zero-order valence-electron chi connectivity index (χ0n) is 17.2. The minimum atomic E-state index is -0.758. The van der Waals surface area contributed by atoms with Crippen LogP contribution in [0.3, 0.4) is 0 Å². The number of carbonyl (C=O) groups excluding carboxylic acids is 1. The smallest absolute Gasteiger partial charge is 0.277 e. The van der Waals surface area contributed by atoms with Crippen molar-refractivity contribution in [3.8, 4) is 34.8 Å². The molecule has 1 saturated carbocycles. The van der Waals surface area contributed by atoms with E-state index in [-0.39, 0.29) is 22.8 Å². The average molecular weight is 433 g/mol. The molecular weight excluding hydrogens is 408 g/mol. The van der Waals surface area contributed by atoms with E-state index in [1.807, 2.05) is 0 Å². The number of aromatic nitrogens is 2. The molecule has 0 saturated heterocycles. The minimum Gasteiger partial charge on any atom is -0.493 e. The molecule has 0 spiro atoms. The van der Waals surface area contributed by atoms with E-state index < -0.39 is 5.54 Å². The molecule has 2 aromatic rings. The summed E-state index contributed by atoms with van der Waals surface area (Å²) in [7, 11) is 4.57. The zero-order chi connectivity index (χ0) is 21.6. The van der Waals surface area contributed by atoms with Gasteiger partial charge in [-0.2, -0.15) is 5.26 Å². The Labute approximate surface area is 179 Å². The van der Waals surface area contributed by atoms with Crippen LogP contribution in [0.2, 0.25) is 0 Å². The number of hydrogen-bond acceptors (Lipinski definition) is 9. The van der Waals surface area contributed by atoms with Crippen LogP contribution in [0.5, 0.6) is 17.2 Å². The van der Waals surface area contributed by atoms with Crippen LogP contribution in [-0.4, -0.2) is 48.7 Å². The molecule has 1 N–H and O–H groups in total. The number of thioether (sulfide) groups is 1. The highest BCUT2D eigenvalue weighted by Crippen LogP contribution is 2.41. The van der Waals surface area contributed by atoms with Gasteiger partial charge in [-0.1, -0.05) is 31.0 Å². The van der Waals surface area contributed by atoms with Crippen molar-refractivity contribution < 1.29 is 23.4 Å². The summed E-state index contributed by atoms with van der Waals surface area (Å²) in [4.78, 5) is 12.3. The van der Waals surface area contributed by atoms with Crippen molar-refractivity contribution >= 4 is 17.7 Å². The molecule has 1 aromatic heterocycles. The van der Waals surface area contributed by atoms with Gasteiger partial charge in [-0.05, 0) is 25.0 Å². The van der Waals surface area contributed by atoms with Gasteiger partial charge in [0.05, 0.1) is 33.2 Å². The highest BCUT2D eigenvalue weighted by Gasteiger charge is 2.33. The maximum atomic E-state index is 12.3. The van der Waals surface area contributed by atoms with E-state index in [0.717, 1.165) is 31.0 Å². The summed E-state index contributed by atoms with van der Waals surface area (Å²) in [5, 5.41) is 20.6. The molecule has 0 atom stereocenters. The van der Waals surface area contributed by atoms with Crippen LogP contribution in [0.15, 0.2) is 21.8 Å². The number of amides is 1. The SMILES string of the molecule is COc1cc(-c2nnc(SCC(=O)NC3(C#N)CCCCC3)o2)cc(OC)c1OC. The molecule has 10 heteroatoms. The van der Waals surface area contributed by atoms with Crippen molar-refractivity contribution in [2.45, 2.75) is 42.9 Å². The highest BCUT2D eigenvalue weighted by molar-refractivity contribution is 7.99. The lowest BCUT2D eigenvalue weighted by molar-refractivity contribution is -0.120. The molecule has 1 aliphatic rings. The molecule has 0 aliphatic heterocycles. The molecule has 1 aromatic carbocycles. The number of benzene rings is 1. The van der Waals surface area contributed by atoms with Crippen molar-refractivity contribution in [1.29, 1.82) is 5.26 Å². The number of carbonyl (C=O) groups is 1. The molecule has 160 valence electrons. The van der Waals surface area contributed by atoms with Gasteiger partial charge in [-0.3, -0.25) is 4.79 Å². The van der Waals surface area contributed by atoms with Crippen molar-refractivity contribution in [3.63, 3.8) is 0 Å². The van der Waals surface area contributed by atoms with Gasteiger partial charge in [0.1, 0.15) is 5.54 Å². The van der Waals surface area contributed by atoms with E-state index in [2.05, 4.69) is 21.6 Å². The van der Waals surface area contributed by atoms with E-state index in [4.69, 9.17) is 18.6 Å². The van der Waals surface area contributed by atoms with Crippen LogP contribution >= 0.6 is 11.8 Å². The first-order valence-corrected chi connectivity index (χ1v) is 10.5. The lowest BCUT2D eigenvalue weighted by Crippen LogP contribution is -2.49. The largest absolute Gasteiger partial charge is 0.493 e.